The van der Waals surface area contributed by atoms with Crippen LogP contribution in [0.1, 0.15) is 52.8 Å². The van der Waals surface area contributed by atoms with Gasteiger partial charge in [0, 0.05) is 42.2 Å². The maximum atomic E-state index is 12.6. The standard InChI is InChI=1S/C25H32N4O4/c1-33-14-13-26-24(31)18-7-6-12-22(16-18)28-23(30)17-27-21-11-5-8-19(15-21)25(32)29-20-9-3-2-4-10-20/h5-8,11-12,15-16,20,27H,2-4,9-10,13-14,17H2,1H3,(H,26,31)(H,28,30)(H,29,32). The monoisotopic (exact) mass is 452 g/mol. The maximum Gasteiger partial charge on any atom is 0.251 e. The number of carbonyl (C=O) groups excluding carboxylic acids is 3. The summed E-state index contributed by atoms with van der Waals surface area (Å²) in [5.41, 5.74) is 2.24. The topological polar surface area (TPSA) is 109 Å². The molecular formula is C25H32N4O4. The van der Waals surface area contributed by atoms with Crippen molar-refractivity contribution in [3.8, 4) is 0 Å². The molecular weight excluding hydrogens is 420 g/mol. The smallest absolute Gasteiger partial charge is 0.251 e. The Labute approximate surface area is 194 Å². The van der Waals surface area contributed by atoms with E-state index in [0.717, 1.165) is 25.7 Å². The molecule has 0 unspecified atom stereocenters. The summed E-state index contributed by atoms with van der Waals surface area (Å²) in [7, 11) is 1.57. The molecule has 8 heteroatoms. The first kappa shape index (κ1) is 24.3. The molecule has 4 N–H and O–H groups in total. The summed E-state index contributed by atoms with van der Waals surface area (Å²) in [5, 5.41) is 11.7. The Morgan fingerprint density at radius 1 is 0.909 bits per heavy atom. The number of carbonyl (C=O) groups is 3. The first-order valence-corrected chi connectivity index (χ1v) is 11.4. The summed E-state index contributed by atoms with van der Waals surface area (Å²) in [6.45, 7) is 0.864. The van der Waals surface area contributed by atoms with Crippen LogP contribution >= 0.6 is 0 Å². The van der Waals surface area contributed by atoms with Crippen molar-refractivity contribution >= 4 is 29.1 Å². The number of amides is 3. The van der Waals surface area contributed by atoms with E-state index in [1.807, 2.05) is 6.07 Å². The SMILES string of the molecule is COCCNC(=O)c1cccc(NC(=O)CNc2cccc(C(=O)NC3CCCCC3)c2)c1. The predicted octanol–water partition coefficient (Wildman–Crippen LogP) is 3.18. The second-order valence-corrected chi connectivity index (χ2v) is 8.12. The normalized spacial score (nSPS) is 13.7. The average molecular weight is 453 g/mol. The van der Waals surface area contributed by atoms with Gasteiger partial charge in [-0.1, -0.05) is 31.4 Å². The average Bonchev–Trinajstić information content (AvgIpc) is 2.84. The van der Waals surface area contributed by atoms with Crippen LogP contribution in [0.25, 0.3) is 0 Å². The van der Waals surface area contributed by atoms with Crippen LogP contribution in [0.5, 0.6) is 0 Å². The highest BCUT2D eigenvalue weighted by Crippen LogP contribution is 2.18. The summed E-state index contributed by atoms with van der Waals surface area (Å²) in [6, 6.07) is 14.1. The first-order chi connectivity index (χ1) is 16.0. The molecule has 3 rings (SSSR count). The van der Waals surface area contributed by atoms with Gasteiger partial charge in [-0.3, -0.25) is 14.4 Å². The van der Waals surface area contributed by atoms with Gasteiger partial charge in [0.15, 0.2) is 0 Å². The van der Waals surface area contributed by atoms with Crippen molar-refractivity contribution in [2.75, 3.05) is 37.4 Å². The second kappa shape index (κ2) is 12.6. The lowest BCUT2D eigenvalue weighted by Crippen LogP contribution is -2.36. The van der Waals surface area contributed by atoms with E-state index in [4.69, 9.17) is 4.74 Å². The van der Waals surface area contributed by atoms with Gasteiger partial charge in [-0.25, -0.2) is 0 Å². The molecule has 0 radical (unpaired) electrons. The van der Waals surface area contributed by atoms with Gasteiger partial charge in [-0.05, 0) is 49.2 Å². The lowest BCUT2D eigenvalue weighted by Gasteiger charge is -2.22. The molecule has 1 aliphatic carbocycles. The molecule has 1 saturated carbocycles. The van der Waals surface area contributed by atoms with Gasteiger partial charge < -0.3 is 26.0 Å². The number of rotatable bonds is 10. The summed E-state index contributed by atoms with van der Waals surface area (Å²) >= 11 is 0. The summed E-state index contributed by atoms with van der Waals surface area (Å²) in [6.07, 6.45) is 5.60. The van der Waals surface area contributed by atoms with Gasteiger partial charge in [0.05, 0.1) is 13.2 Å². The first-order valence-electron chi connectivity index (χ1n) is 11.4. The van der Waals surface area contributed by atoms with Crippen molar-refractivity contribution < 1.29 is 19.1 Å². The molecule has 33 heavy (non-hydrogen) atoms. The number of benzene rings is 2. The highest BCUT2D eigenvalue weighted by molar-refractivity contribution is 5.98. The third kappa shape index (κ3) is 7.91. The fraction of sp³-hybridized carbons (Fsp3) is 0.400. The molecule has 1 fully saturated rings. The largest absolute Gasteiger partial charge is 0.383 e. The lowest BCUT2D eigenvalue weighted by atomic mass is 9.95. The number of anilines is 2. The van der Waals surface area contributed by atoms with Crippen molar-refractivity contribution in [1.82, 2.24) is 10.6 Å². The van der Waals surface area contributed by atoms with Crippen molar-refractivity contribution in [3.63, 3.8) is 0 Å². The van der Waals surface area contributed by atoms with Crippen LogP contribution in [0, 0.1) is 0 Å². The van der Waals surface area contributed by atoms with Crippen LogP contribution in [0.15, 0.2) is 48.5 Å². The lowest BCUT2D eigenvalue weighted by molar-refractivity contribution is -0.114. The number of ether oxygens (including phenoxy) is 1. The number of nitrogens with one attached hydrogen (secondary N) is 4. The van der Waals surface area contributed by atoms with Crippen LogP contribution in [-0.2, 0) is 9.53 Å². The quantitative estimate of drug-likeness (QED) is 0.414. The van der Waals surface area contributed by atoms with E-state index in [1.54, 1.807) is 49.6 Å². The molecule has 0 aromatic heterocycles. The van der Waals surface area contributed by atoms with Gasteiger partial charge in [-0.15, -0.1) is 0 Å². The van der Waals surface area contributed by atoms with E-state index in [2.05, 4.69) is 21.3 Å². The summed E-state index contributed by atoms with van der Waals surface area (Å²) in [5.74, 6) is -0.579. The fourth-order valence-electron chi connectivity index (χ4n) is 3.78. The number of hydrogen-bond donors (Lipinski definition) is 4. The van der Waals surface area contributed by atoms with E-state index in [-0.39, 0.29) is 30.3 Å². The Bertz CT molecular complexity index is 957. The maximum absolute atomic E-state index is 12.6. The van der Waals surface area contributed by atoms with Crippen LogP contribution in [0.2, 0.25) is 0 Å². The molecule has 3 amide bonds. The fourth-order valence-corrected chi connectivity index (χ4v) is 3.78. The number of hydrogen-bond acceptors (Lipinski definition) is 5. The summed E-state index contributed by atoms with van der Waals surface area (Å²) in [4.78, 5) is 37.1. The molecule has 2 aromatic carbocycles. The minimum Gasteiger partial charge on any atom is -0.383 e. The van der Waals surface area contributed by atoms with E-state index in [9.17, 15) is 14.4 Å². The van der Waals surface area contributed by atoms with Gasteiger partial charge in [0.1, 0.15) is 0 Å². The Kier molecular flexibility index (Phi) is 9.26. The van der Waals surface area contributed by atoms with E-state index in [0.29, 0.717) is 35.7 Å². The highest BCUT2D eigenvalue weighted by atomic mass is 16.5. The Hall–Kier alpha value is -3.39. The highest BCUT2D eigenvalue weighted by Gasteiger charge is 2.17. The second-order valence-electron chi connectivity index (χ2n) is 8.12. The molecule has 8 nitrogen and oxygen atoms in total. The predicted molar refractivity (Wildman–Crippen MR) is 129 cm³/mol. The minimum absolute atomic E-state index is 0.0258. The zero-order valence-corrected chi connectivity index (χ0v) is 19.0. The van der Waals surface area contributed by atoms with Crippen LogP contribution in [0.4, 0.5) is 11.4 Å². The Balaban J connectivity index is 1.49. The van der Waals surface area contributed by atoms with Crippen LogP contribution in [-0.4, -0.2) is 50.6 Å². The zero-order chi connectivity index (χ0) is 23.5. The molecule has 0 spiro atoms. The molecule has 0 aliphatic heterocycles. The zero-order valence-electron chi connectivity index (χ0n) is 19.0. The Morgan fingerprint density at radius 2 is 1.58 bits per heavy atom. The number of methoxy groups -OCH3 is 1. The van der Waals surface area contributed by atoms with Crippen LogP contribution < -0.4 is 21.3 Å². The summed E-state index contributed by atoms with van der Waals surface area (Å²) < 4.78 is 4.92. The third-order valence-electron chi connectivity index (χ3n) is 5.52. The molecule has 0 bridgehead atoms. The molecule has 0 atom stereocenters. The molecule has 2 aromatic rings. The van der Waals surface area contributed by atoms with E-state index < -0.39 is 0 Å². The van der Waals surface area contributed by atoms with Crippen molar-refractivity contribution in [2.45, 2.75) is 38.1 Å². The van der Waals surface area contributed by atoms with Crippen molar-refractivity contribution in [2.24, 2.45) is 0 Å². The van der Waals surface area contributed by atoms with Gasteiger partial charge in [0.25, 0.3) is 11.8 Å². The van der Waals surface area contributed by atoms with E-state index in [1.165, 1.54) is 6.42 Å². The van der Waals surface area contributed by atoms with E-state index >= 15 is 0 Å². The Morgan fingerprint density at radius 3 is 2.30 bits per heavy atom. The molecule has 176 valence electrons. The molecule has 0 heterocycles. The minimum atomic E-state index is -0.260. The third-order valence-corrected chi connectivity index (χ3v) is 5.52. The van der Waals surface area contributed by atoms with Crippen LogP contribution in [0.3, 0.4) is 0 Å². The molecule has 0 saturated heterocycles. The van der Waals surface area contributed by atoms with Crippen molar-refractivity contribution in [1.29, 1.82) is 0 Å². The van der Waals surface area contributed by atoms with Gasteiger partial charge in [0.2, 0.25) is 5.91 Å². The van der Waals surface area contributed by atoms with Gasteiger partial charge in [-0.2, -0.15) is 0 Å². The van der Waals surface area contributed by atoms with Crippen molar-refractivity contribution in [3.05, 3.63) is 59.7 Å². The van der Waals surface area contributed by atoms with Gasteiger partial charge >= 0.3 is 0 Å². The molecule has 1 aliphatic rings.